The van der Waals surface area contributed by atoms with Crippen LogP contribution in [0.5, 0.6) is 11.5 Å². The second-order valence-electron chi connectivity index (χ2n) is 5.28. The molecular formula is C17H16BrClN6O2. The van der Waals surface area contributed by atoms with Crippen molar-refractivity contribution < 1.29 is 9.47 Å². The first kappa shape index (κ1) is 19.0. The van der Waals surface area contributed by atoms with E-state index in [0.29, 0.717) is 45.4 Å². The summed E-state index contributed by atoms with van der Waals surface area (Å²) in [4.78, 5) is 12.6. The van der Waals surface area contributed by atoms with E-state index in [9.17, 15) is 0 Å². The number of nitrogens with zero attached hydrogens (tertiary/aromatic N) is 3. The van der Waals surface area contributed by atoms with Crippen molar-refractivity contribution in [3.63, 3.8) is 0 Å². The molecule has 0 aliphatic heterocycles. The number of nitrogen functional groups attached to an aromatic ring is 1. The van der Waals surface area contributed by atoms with E-state index in [1.54, 1.807) is 31.5 Å². The molecule has 0 aliphatic rings. The van der Waals surface area contributed by atoms with Crippen molar-refractivity contribution in [3.05, 3.63) is 46.3 Å². The van der Waals surface area contributed by atoms with Crippen LogP contribution >= 0.6 is 27.5 Å². The maximum Gasteiger partial charge on any atom is 0.160 e. The molecule has 0 unspecified atom stereocenters. The Kier molecular flexibility index (Phi) is 5.82. The predicted octanol–water partition coefficient (Wildman–Crippen LogP) is 4.37. The van der Waals surface area contributed by atoms with E-state index in [0.717, 1.165) is 4.47 Å². The van der Waals surface area contributed by atoms with Crippen molar-refractivity contribution in [2.45, 2.75) is 0 Å². The van der Waals surface area contributed by atoms with Gasteiger partial charge in [-0.25, -0.2) is 15.0 Å². The maximum atomic E-state index is 6.21. The summed E-state index contributed by atoms with van der Waals surface area (Å²) in [5.74, 6) is 2.43. The Morgan fingerprint density at radius 3 is 2.33 bits per heavy atom. The number of anilines is 5. The van der Waals surface area contributed by atoms with E-state index >= 15 is 0 Å². The number of nitrogens with two attached hydrogens (primary N) is 1. The highest BCUT2D eigenvalue weighted by molar-refractivity contribution is 9.10. The fraction of sp³-hybridized carbons (Fsp3) is 0.118. The monoisotopic (exact) mass is 450 g/mol. The zero-order chi connectivity index (χ0) is 19.4. The normalized spacial score (nSPS) is 10.4. The molecular weight excluding hydrogens is 436 g/mol. The van der Waals surface area contributed by atoms with Crippen molar-refractivity contribution in [1.82, 2.24) is 15.0 Å². The molecule has 4 N–H and O–H groups in total. The number of methoxy groups -OCH3 is 2. The Morgan fingerprint density at radius 2 is 1.70 bits per heavy atom. The van der Waals surface area contributed by atoms with Crippen LogP contribution in [0.15, 0.2) is 41.3 Å². The van der Waals surface area contributed by atoms with E-state index < -0.39 is 0 Å². The summed E-state index contributed by atoms with van der Waals surface area (Å²) >= 11 is 9.55. The van der Waals surface area contributed by atoms with E-state index in [4.69, 9.17) is 26.8 Å². The molecule has 3 rings (SSSR count). The number of aromatic nitrogens is 3. The van der Waals surface area contributed by atoms with Gasteiger partial charge in [0.15, 0.2) is 11.6 Å². The van der Waals surface area contributed by atoms with Gasteiger partial charge in [0.2, 0.25) is 0 Å². The van der Waals surface area contributed by atoms with Gasteiger partial charge < -0.3 is 25.8 Å². The van der Waals surface area contributed by atoms with Crippen molar-refractivity contribution in [3.8, 4) is 11.5 Å². The second kappa shape index (κ2) is 8.28. The number of nitrogens with one attached hydrogen (secondary N) is 2. The Labute approximate surface area is 169 Å². The van der Waals surface area contributed by atoms with Crippen LogP contribution in [-0.2, 0) is 0 Å². The average Bonchev–Trinajstić information content (AvgIpc) is 2.67. The molecule has 8 nitrogen and oxygen atoms in total. The molecule has 0 saturated carbocycles. The minimum atomic E-state index is 0.316. The summed E-state index contributed by atoms with van der Waals surface area (Å²) in [5.41, 5.74) is 7.11. The van der Waals surface area contributed by atoms with Crippen LogP contribution in [-0.4, -0.2) is 29.2 Å². The van der Waals surface area contributed by atoms with Gasteiger partial charge in [0.25, 0.3) is 0 Å². The van der Waals surface area contributed by atoms with Crippen molar-refractivity contribution in [2.24, 2.45) is 0 Å². The molecule has 27 heavy (non-hydrogen) atoms. The second-order valence-corrected chi connectivity index (χ2v) is 6.61. The van der Waals surface area contributed by atoms with Crippen LogP contribution in [0.1, 0.15) is 0 Å². The van der Waals surface area contributed by atoms with Gasteiger partial charge in [-0.15, -0.1) is 0 Å². The van der Waals surface area contributed by atoms with Gasteiger partial charge in [0, 0.05) is 16.7 Å². The maximum absolute atomic E-state index is 6.21. The van der Waals surface area contributed by atoms with Crippen LogP contribution < -0.4 is 25.8 Å². The lowest BCUT2D eigenvalue weighted by Crippen LogP contribution is -2.06. The molecule has 0 amide bonds. The quantitative estimate of drug-likeness (QED) is 0.507. The summed E-state index contributed by atoms with van der Waals surface area (Å²) in [5, 5.41) is 6.59. The lowest BCUT2D eigenvalue weighted by Gasteiger charge is -2.15. The summed E-state index contributed by atoms with van der Waals surface area (Å²) in [6.07, 6.45) is 3.06. The summed E-state index contributed by atoms with van der Waals surface area (Å²) in [7, 11) is 3.08. The van der Waals surface area contributed by atoms with Gasteiger partial charge in [-0.2, -0.15) is 0 Å². The number of halogens is 2. The highest BCUT2D eigenvalue weighted by Crippen LogP contribution is 2.38. The van der Waals surface area contributed by atoms with Gasteiger partial charge >= 0.3 is 0 Å². The number of hydrogen-bond acceptors (Lipinski definition) is 8. The van der Waals surface area contributed by atoms with E-state index in [2.05, 4.69) is 41.5 Å². The number of rotatable bonds is 6. The van der Waals surface area contributed by atoms with Crippen LogP contribution in [0.25, 0.3) is 0 Å². The van der Waals surface area contributed by atoms with Gasteiger partial charge in [0.05, 0.1) is 24.9 Å². The van der Waals surface area contributed by atoms with E-state index in [1.807, 2.05) is 6.07 Å². The minimum absolute atomic E-state index is 0.316. The highest BCUT2D eigenvalue weighted by atomic mass is 79.9. The molecule has 1 aromatic carbocycles. The van der Waals surface area contributed by atoms with E-state index in [-0.39, 0.29) is 0 Å². The smallest absolute Gasteiger partial charge is 0.160 e. The van der Waals surface area contributed by atoms with Gasteiger partial charge in [-0.1, -0.05) is 11.6 Å². The SMILES string of the molecule is COc1cc(OC)c(Nc2ncnc(Nc3ccc(Br)cn3)c2N)cc1Cl. The largest absolute Gasteiger partial charge is 0.495 e. The van der Waals surface area contributed by atoms with Crippen LogP contribution in [0.2, 0.25) is 5.02 Å². The molecule has 0 fully saturated rings. The number of pyridine rings is 1. The Bertz CT molecular complexity index is 955. The number of ether oxygens (including phenoxy) is 2. The number of benzene rings is 1. The van der Waals surface area contributed by atoms with Crippen LogP contribution in [0.4, 0.5) is 28.8 Å². The standard InChI is InChI=1S/C17H16BrClN6O2/c1-26-12-6-13(27-2)11(5-10(12)19)24-16-15(20)17(23-8-22-16)25-14-4-3-9(18)7-21-14/h3-8H,20H2,1-2H3,(H2,21,22,23,24,25). The molecule has 0 aliphatic carbocycles. The predicted molar refractivity (Wildman–Crippen MR) is 110 cm³/mol. The Morgan fingerprint density at radius 1 is 1.00 bits per heavy atom. The highest BCUT2D eigenvalue weighted by Gasteiger charge is 2.14. The van der Waals surface area contributed by atoms with Gasteiger partial charge in [-0.3, -0.25) is 0 Å². The first-order chi connectivity index (χ1) is 13.0. The third kappa shape index (κ3) is 4.32. The van der Waals surface area contributed by atoms with Crippen LogP contribution in [0.3, 0.4) is 0 Å². The molecule has 0 spiro atoms. The first-order valence-corrected chi connectivity index (χ1v) is 8.86. The molecule has 0 bridgehead atoms. The Balaban J connectivity index is 1.90. The fourth-order valence-corrected chi connectivity index (χ4v) is 2.73. The van der Waals surface area contributed by atoms with Gasteiger partial charge in [-0.05, 0) is 34.1 Å². The lowest BCUT2D eigenvalue weighted by atomic mass is 10.2. The molecule has 0 radical (unpaired) electrons. The average molecular weight is 452 g/mol. The molecule has 140 valence electrons. The van der Waals surface area contributed by atoms with Crippen LogP contribution in [0, 0.1) is 0 Å². The van der Waals surface area contributed by atoms with Crippen molar-refractivity contribution in [1.29, 1.82) is 0 Å². The van der Waals surface area contributed by atoms with E-state index in [1.165, 1.54) is 13.4 Å². The Hall–Kier alpha value is -2.78. The van der Waals surface area contributed by atoms with Crippen molar-refractivity contribution >= 4 is 56.4 Å². The summed E-state index contributed by atoms with van der Waals surface area (Å²) in [6.45, 7) is 0. The van der Waals surface area contributed by atoms with Crippen molar-refractivity contribution in [2.75, 3.05) is 30.6 Å². The zero-order valence-electron chi connectivity index (χ0n) is 14.5. The topological polar surface area (TPSA) is 107 Å². The molecule has 0 atom stereocenters. The fourth-order valence-electron chi connectivity index (χ4n) is 2.25. The summed E-state index contributed by atoms with van der Waals surface area (Å²) in [6, 6.07) is 7.00. The molecule has 10 heteroatoms. The molecule has 2 heterocycles. The van der Waals surface area contributed by atoms with Gasteiger partial charge in [0.1, 0.15) is 29.3 Å². The third-order valence-corrected chi connectivity index (χ3v) is 4.35. The number of hydrogen-bond donors (Lipinski definition) is 3. The molecule has 2 aromatic heterocycles. The molecule has 3 aromatic rings. The first-order valence-electron chi connectivity index (χ1n) is 7.69. The summed E-state index contributed by atoms with van der Waals surface area (Å²) < 4.78 is 11.4. The minimum Gasteiger partial charge on any atom is -0.495 e. The lowest BCUT2D eigenvalue weighted by molar-refractivity contribution is 0.396. The molecule has 0 saturated heterocycles. The third-order valence-electron chi connectivity index (χ3n) is 3.58. The zero-order valence-corrected chi connectivity index (χ0v) is 16.8.